The normalized spacial score (nSPS) is 11.1. The second kappa shape index (κ2) is 9.97. The first-order valence-electron chi connectivity index (χ1n) is 8.04. The molecule has 1 aromatic heterocycles. The summed E-state index contributed by atoms with van der Waals surface area (Å²) in [7, 11) is 0. The summed E-state index contributed by atoms with van der Waals surface area (Å²) in [5.41, 5.74) is 2.78. The van der Waals surface area contributed by atoms with Gasteiger partial charge in [0.1, 0.15) is 6.33 Å². The van der Waals surface area contributed by atoms with Gasteiger partial charge in [-0.1, -0.05) is 42.5 Å². The topological polar surface area (TPSA) is 95.0 Å². The molecule has 0 radical (unpaired) electrons. The summed E-state index contributed by atoms with van der Waals surface area (Å²) >= 11 is 0. The standard InChI is InChI=1S/C20H17N3O3.Na/c24-19(10-18(20(25)26)14-5-2-1-3-6-14)23-17-8-4-7-15(9-17)16-11-21-13-22-12-16;/h1-9,11-13,18H,10H2,(H,23,24)(H,25,26);/q;+1/p-1. The third kappa shape index (κ3) is 5.72. The second-order valence-corrected chi connectivity index (χ2v) is 5.74. The number of aromatic nitrogens is 2. The number of hydrogen-bond donors (Lipinski definition) is 1. The van der Waals surface area contributed by atoms with Gasteiger partial charge in [-0.15, -0.1) is 0 Å². The molecule has 7 heteroatoms. The van der Waals surface area contributed by atoms with Gasteiger partial charge in [-0.25, -0.2) is 9.97 Å². The SMILES string of the molecule is O=C(CC(C(=O)[O-])c1ccccc1)Nc1cccc(-c2cncnc2)c1.[Na+]. The van der Waals surface area contributed by atoms with Crippen molar-refractivity contribution < 1.29 is 44.3 Å². The second-order valence-electron chi connectivity index (χ2n) is 5.74. The van der Waals surface area contributed by atoms with Crippen LogP contribution in [-0.4, -0.2) is 21.8 Å². The van der Waals surface area contributed by atoms with E-state index in [-0.39, 0.29) is 36.0 Å². The van der Waals surface area contributed by atoms with Crippen molar-refractivity contribution in [3.63, 3.8) is 0 Å². The zero-order valence-electron chi connectivity index (χ0n) is 14.8. The summed E-state index contributed by atoms with van der Waals surface area (Å²) in [6.07, 6.45) is 4.59. The molecule has 1 heterocycles. The number of nitrogens with one attached hydrogen (secondary N) is 1. The fourth-order valence-electron chi connectivity index (χ4n) is 2.64. The first kappa shape index (κ1) is 20.8. The van der Waals surface area contributed by atoms with E-state index < -0.39 is 17.8 Å². The number of carbonyl (C=O) groups is 2. The van der Waals surface area contributed by atoms with Gasteiger partial charge in [0.05, 0.1) is 0 Å². The molecule has 2 aromatic carbocycles. The van der Waals surface area contributed by atoms with Crippen molar-refractivity contribution >= 4 is 17.6 Å². The molecule has 0 fully saturated rings. The monoisotopic (exact) mass is 369 g/mol. The van der Waals surface area contributed by atoms with Crippen LogP contribution in [0.15, 0.2) is 73.3 Å². The Kier molecular flexibility index (Phi) is 7.67. The third-order valence-corrected chi connectivity index (χ3v) is 3.92. The zero-order chi connectivity index (χ0) is 18.4. The summed E-state index contributed by atoms with van der Waals surface area (Å²) < 4.78 is 0. The summed E-state index contributed by atoms with van der Waals surface area (Å²) in [6.45, 7) is 0. The minimum atomic E-state index is -1.28. The molecule has 1 N–H and O–H groups in total. The Bertz CT molecular complexity index is 905. The molecule has 1 unspecified atom stereocenters. The van der Waals surface area contributed by atoms with E-state index in [1.54, 1.807) is 60.9 Å². The van der Waals surface area contributed by atoms with Gasteiger partial charge in [0.2, 0.25) is 5.91 Å². The maximum Gasteiger partial charge on any atom is 1.00 e. The predicted octanol–water partition coefficient (Wildman–Crippen LogP) is -0.990. The van der Waals surface area contributed by atoms with Gasteiger partial charge < -0.3 is 15.2 Å². The van der Waals surface area contributed by atoms with E-state index in [2.05, 4.69) is 15.3 Å². The van der Waals surface area contributed by atoms with E-state index in [0.717, 1.165) is 11.1 Å². The number of nitrogens with zero attached hydrogens (tertiary/aromatic N) is 2. The molecule has 1 amide bonds. The molecule has 1 atom stereocenters. The minimum Gasteiger partial charge on any atom is -0.549 e. The summed E-state index contributed by atoms with van der Waals surface area (Å²) in [5, 5.41) is 14.2. The number of carboxylic acid groups (broad SMARTS) is 1. The van der Waals surface area contributed by atoms with Crippen LogP contribution >= 0.6 is 0 Å². The first-order valence-corrected chi connectivity index (χ1v) is 8.04. The molecule has 0 aliphatic rings. The molecule has 0 aliphatic carbocycles. The molecule has 3 rings (SSSR count). The number of carbonyl (C=O) groups excluding carboxylic acids is 2. The maximum absolute atomic E-state index is 12.3. The van der Waals surface area contributed by atoms with Gasteiger partial charge in [-0.05, 0) is 23.3 Å². The van der Waals surface area contributed by atoms with Crippen LogP contribution in [0.1, 0.15) is 17.9 Å². The van der Waals surface area contributed by atoms with Gasteiger partial charge in [-0.3, -0.25) is 4.79 Å². The van der Waals surface area contributed by atoms with E-state index in [4.69, 9.17) is 0 Å². The number of amides is 1. The molecule has 0 saturated carbocycles. The molecule has 27 heavy (non-hydrogen) atoms. The first-order chi connectivity index (χ1) is 12.6. The quantitative estimate of drug-likeness (QED) is 0.563. The Morgan fingerprint density at radius 3 is 2.33 bits per heavy atom. The maximum atomic E-state index is 12.3. The molecule has 3 aromatic rings. The minimum absolute atomic E-state index is 0. The Labute approximate surface area is 179 Å². The molecule has 130 valence electrons. The van der Waals surface area contributed by atoms with Crippen LogP contribution in [0.4, 0.5) is 5.69 Å². The van der Waals surface area contributed by atoms with Crippen LogP contribution in [-0.2, 0) is 9.59 Å². The van der Waals surface area contributed by atoms with Gasteiger partial charge in [0.15, 0.2) is 0 Å². The van der Waals surface area contributed by atoms with Crippen molar-refractivity contribution in [2.45, 2.75) is 12.3 Å². The number of anilines is 1. The summed E-state index contributed by atoms with van der Waals surface area (Å²) in [5.74, 6) is -2.67. The van der Waals surface area contributed by atoms with Crippen LogP contribution < -0.4 is 40.0 Å². The predicted molar refractivity (Wildman–Crippen MR) is 94.9 cm³/mol. The Hall–Kier alpha value is -2.54. The fourth-order valence-corrected chi connectivity index (χ4v) is 2.64. The van der Waals surface area contributed by atoms with Crippen molar-refractivity contribution in [3.05, 3.63) is 78.9 Å². The molecule has 0 spiro atoms. The third-order valence-electron chi connectivity index (χ3n) is 3.92. The van der Waals surface area contributed by atoms with Gasteiger partial charge in [0, 0.05) is 42.0 Å². The zero-order valence-corrected chi connectivity index (χ0v) is 16.8. The molecule has 0 bridgehead atoms. The van der Waals surface area contributed by atoms with E-state index in [0.29, 0.717) is 11.3 Å². The molecule has 6 nitrogen and oxygen atoms in total. The smallest absolute Gasteiger partial charge is 0.549 e. The van der Waals surface area contributed by atoms with Gasteiger partial charge in [0.25, 0.3) is 0 Å². The van der Waals surface area contributed by atoms with Crippen LogP contribution in [0.3, 0.4) is 0 Å². The summed E-state index contributed by atoms with van der Waals surface area (Å²) in [6, 6.07) is 15.8. The van der Waals surface area contributed by atoms with Gasteiger partial charge >= 0.3 is 29.6 Å². The number of benzene rings is 2. The van der Waals surface area contributed by atoms with Gasteiger partial charge in [-0.2, -0.15) is 0 Å². The Morgan fingerprint density at radius 2 is 1.67 bits per heavy atom. The molecule has 0 aliphatic heterocycles. The molecule has 0 saturated heterocycles. The van der Waals surface area contributed by atoms with E-state index in [1.165, 1.54) is 6.33 Å². The molecular formula is C20H16N3NaO3. The number of aliphatic carboxylic acids is 1. The Balaban J connectivity index is 0.00000261. The summed E-state index contributed by atoms with van der Waals surface area (Å²) in [4.78, 5) is 31.7. The van der Waals surface area contributed by atoms with Crippen LogP contribution in [0, 0.1) is 0 Å². The van der Waals surface area contributed by atoms with Crippen molar-refractivity contribution in [1.29, 1.82) is 0 Å². The number of carboxylic acids is 1. The average Bonchev–Trinajstić information content (AvgIpc) is 2.67. The van der Waals surface area contributed by atoms with Crippen molar-refractivity contribution in [1.82, 2.24) is 9.97 Å². The van der Waals surface area contributed by atoms with Crippen LogP contribution in [0.5, 0.6) is 0 Å². The van der Waals surface area contributed by atoms with Crippen LogP contribution in [0.2, 0.25) is 0 Å². The largest absolute Gasteiger partial charge is 1.00 e. The van der Waals surface area contributed by atoms with E-state index in [1.807, 2.05) is 6.07 Å². The fraction of sp³-hybridized carbons (Fsp3) is 0.100. The van der Waals surface area contributed by atoms with E-state index in [9.17, 15) is 14.7 Å². The van der Waals surface area contributed by atoms with Crippen molar-refractivity contribution in [2.24, 2.45) is 0 Å². The Morgan fingerprint density at radius 1 is 0.963 bits per heavy atom. The van der Waals surface area contributed by atoms with Crippen molar-refractivity contribution in [3.8, 4) is 11.1 Å². The van der Waals surface area contributed by atoms with Crippen molar-refractivity contribution in [2.75, 3.05) is 5.32 Å². The number of hydrogen-bond acceptors (Lipinski definition) is 5. The van der Waals surface area contributed by atoms with E-state index >= 15 is 0 Å². The average molecular weight is 369 g/mol. The van der Waals surface area contributed by atoms with Crippen LogP contribution in [0.25, 0.3) is 11.1 Å². The number of rotatable bonds is 6. The molecular weight excluding hydrogens is 353 g/mol.